The average Bonchev–Trinajstić information content (AvgIpc) is 3.03. The van der Waals surface area contributed by atoms with Crippen LogP contribution in [0.3, 0.4) is 0 Å². The number of hydrogen-bond donors (Lipinski definition) is 0. The van der Waals surface area contributed by atoms with Gasteiger partial charge in [-0.25, -0.2) is 4.79 Å². The lowest BCUT2D eigenvalue weighted by molar-refractivity contribution is 0.0384. The van der Waals surface area contributed by atoms with E-state index in [4.69, 9.17) is 4.74 Å². The Bertz CT molecular complexity index is 1180. The number of carbonyl (C=O) groups excluding carboxylic acids is 1. The Morgan fingerprint density at radius 3 is 2.48 bits per heavy atom. The van der Waals surface area contributed by atoms with Gasteiger partial charge in [-0.3, -0.25) is 4.90 Å². The zero-order valence-corrected chi connectivity index (χ0v) is 17.9. The van der Waals surface area contributed by atoms with Gasteiger partial charge in [0.2, 0.25) is 0 Å². The smallest absolute Gasteiger partial charge is 0.323 e. The predicted molar refractivity (Wildman–Crippen MR) is 124 cm³/mol. The lowest BCUT2D eigenvalue weighted by atomic mass is 9.97. The Morgan fingerprint density at radius 2 is 1.68 bits per heavy atom. The van der Waals surface area contributed by atoms with Crippen molar-refractivity contribution in [2.75, 3.05) is 7.05 Å². The first-order valence-corrected chi connectivity index (χ1v) is 10.7. The number of amides is 2. The standard InChI is InChI=1S/C27H26N2O2/c1-18-16-17-24(23-15-9-13-20-10-7-8-14-22(20)23)31-26(18)29-25(19(2)28(3)27(29)30)21-11-5-4-6-12-21/h4-15,17,19,25-26H,1,16H2,2-3H3/t19-,25-,26-/m0/s1. The van der Waals surface area contributed by atoms with Crippen molar-refractivity contribution in [3.8, 4) is 0 Å². The molecule has 1 saturated heterocycles. The van der Waals surface area contributed by atoms with E-state index in [9.17, 15) is 4.79 Å². The summed E-state index contributed by atoms with van der Waals surface area (Å²) in [7, 11) is 1.86. The number of fused-ring (bicyclic) bond motifs is 1. The summed E-state index contributed by atoms with van der Waals surface area (Å²) in [5.74, 6) is 0.802. The topological polar surface area (TPSA) is 32.8 Å². The minimum Gasteiger partial charge on any atom is -0.466 e. The molecular weight excluding hydrogens is 384 g/mol. The van der Waals surface area contributed by atoms with Gasteiger partial charge in [0.25, 0.3) is 0 Å². The molecule has 0 radical (unpaired) electrons. The average molecular weight is 411 g/mol. The van der Waals surface area contributed by atoms with Gasteiger partial charge >= 0.3 is 6.03 Å². The lowest BCUT2D eigenvalue weighted by Gasteiger charge is -2.37. The van der Waals surface area contributed by atoms with Crippen molar-refractivity contribution >= 4 is 22.6 Å². The van der Waals surface area contributed by atoms with Crippen molar-refractivity contribution in [1.29, 1.82) is 0 Å². The van der Waals surface area contributed by atoms with E-state index < -0.39 is 6.23 Å². The van der Waals surface area contributed by atoms with E-state index in [1.54, 1.807) is 4.90 Å². The second-order valence-electron chi connectivity index (χ2n) is 8.32. The highest BCUT2D eigenvalue weighted by Crippen LogP contribution is 2.41. The van der Waals surface area contributed by atoms with Crippen LogP contribution in [0.25, 0.3) is 16.5 Å². The summed E-state index contributed by atoms with van der Waals surface area (Å²) < 4.78 is 6.54. The zero-order chi connectivity index (χ0) is 21.5. The SMILES string of the molecule is C=C1CC=C(c2cccc3ccccc23)O[C@@H]1N1C(=O)N(C)[C@@H](C)[C@H]1c1ccccc1. The Kier molecular flexibility index (Phi) is 4.78. The normalized spacial score (nSPS) is 23.8. The summed E-state index contributed by atoms with van der Waals surface area (Å²) in [6, 6.07) is 24.6. The van der Waals surface area contributed by atoms with Gasteiger partial charge in [0.1, 0.15) is 5.76 Å². The third-order valence-corrected chi connectivity index (χ3v) is 6.48. The monoisotopic (exact) mass is 410 g/mol. The first-order valence-electron chi connectivity index (χ1n) is 10.7. The molecular formula is C27H26N2O2. The quantitative estimate of drug-likeness (QED) is 0.498. The van der Waals surface area contributed by atoms with Gasteiger partial charge in [-0.2, -0.15) is 0 Å². The van der Waals surface area contributed by atoms with E-state index in [1.165, 1.54) is 5.39 Å². The maximum absolute atomic E-state index is 13.3. The highest BCUT2D eigenvalue weighted by Gasteiger charge is 2.47. The number of likely N-dealkylation sites (N-methyl/N-ethyl adjacent to an activating group) is 1. The fraction of sp³-hybridized carbons (Fsp3) is 0.222. The molecule has 2 aliphatic rings. The largest absolute Gasteiger partial charge is 0.466 e. The molecule has 1 fully saturated rings. The minimum atomic E-state index is -0.510. The molecule has 0 aromatic heterocycles. The molecule has 2 heterocycles. The summed E-state index contributed by atoms with van der Waals surface area (Å²) >= 11 is 0. The van der Waals surface area contributed by atoms with E-state index in [0.717, 1.165) is 27.8 Å². The number of hydrogen-bond acceptors (Lipinski definition) is 2. The van der Waals surface area contributed by atoms with Crippen LogP contribution in [0.2, 0.25) is 0 Å². The number of nitrogens with zero attached hydrogens (tertiary/aromatic N) is 2. The maximum atomic E-state index is 13.3. The van der Waals surface area contributed by atoms with E-state index in [0.29, 0.717) is 6.42 Å². The molecule has 4 nitrogen and oxygen atoms in total. The number of carbonyl (C=O) groups is 1. The van der Waals surface area contributed by atoms with Gasteiger partial charge in [0.05, 0.1) is 12.1 Å². The third kappa shape index (κ3) is 3.19. The van der Waals surface area contributed by atoms with Crippen molar-refractivity contribution in [2.24, 2.45) is 0 Å². The van der Waals surface area contributed by atoms with Crippen molar-refractivity contribution < 1.29 is 9.53 Å². The predicted octanol–water partition coefficient (Wildman–Crippen LogP) is 5.98. The van der Waals surface area contributed by atoms with Crippen LogP contribution in [0.15, 0.2) is 91.0 Å². The molecule has 0 N–H and O–H groups in total. The van der Waals surface area contributed by atoms with Crippen LogP contribution in [0, 0.1) is 0 Å². The molecule has 0 unspecified atom stereocenters. The summed E-state index contributed by atoms with van der Waals surface area (Å²) in [6.45, 7) is 6.35. The number of allylic oxidation sites excluding steroid dienone is 1. The molecule has 0 bridgehead atoms. The van der Waals surface area contributed by atoms with E-state index in [-0.39, 0.29) is 18.1 Å². The summed E-state index contributed by atoms with van der Waals surface area (Å²) in [5, 5.41) is 2.30. The van der Waals surface area contributed by atoms with Crippen molar-refractivity contribution in [1.82, 2.24) is 9.80 Å². The van der Waals surface area contributed by atoms with Gasteiger partial charge in [-0.15, -0.1) is 0 Å². The Hall–Kier alpha value is -3.53. The first kappa shape index (κ1) is 19.4. The van der Waals surface area contributed by atoms with Gasteiger partial charge in [-0.1, -0.05) is 79.4 Å². The number of benzene rings is 3. The van der Waals surface area contributed by atoms with Gasteiger partial charge in [-0.05, 0) is 41.3 Å². The first-order chi connectivity index (χ1) is 15.1. The Balaban J connectivity index is 1.54. The van der Waals surface area contributed by atoms with Crippen molar-refractivity contribution in [2.45, 2.75) is 31.7 Å². The van der Waals surface area contributed by atoms with E-state index in [1.807, 2.05) is 48.3 Å². The van der Waals surface area contributed by atoms with Crippen LogP contribution in [-0.2, 0) is 4.74 Å². The molecule has 31 heavy (non-hydrogen) atoms. The molecule has 3 aromatic carbocycles. The molecule has 3 atom stereocenters. The summed E-state index contributed by atoms with van der Waals surface area (Å²) in [5.41, 5.74) is 3.03. The number of ether oxygens (including phenoxy) is 1. The highest BCUT2D eigenvalue weighted by atomic mass is 16.5. The molecule has 5 rings (SSSR count). The molecule has 4 heteroatoms. The van der Waals surface area contributed by atoms with Crippen molar-refractivity contribution in [3.63, 3.8) is 0 Å². The summed E-state index contributed by atoms with van der Waals surface area (Å²) in [4.78, 5) is 17.0. The Morgan fingerprint density at radius 1 is 0.968 bits per heavy atom. The molecule has 0 aliphatic carbocycles. The molecule has 156 valence electrons. The van der Waals surface area contributed by atoms with Gasteiger partial charge in [0.15, 0.2) is 6.23 Å². The summed E-state index contributed by atoms with van der Waals surface area (Å²) in [6.07, 6.45) is 2.24. The van der Waals surface area contributed by atoms with Crippen LogP contribution in [0.5, 0.6) is 0 Å². The van der Waals surface area contributed by atoms with Crippen LogP contribution in [-0.4, -0.2) is 35.1 Å². The lowest BCUT2D eigenvalue weighted by Crippen LogP contribution is -2.43. The molecule has 0 saturated carbocycles. The fourth-order valence-electron chi connectivity index (χ4n) is 4.70. The second-order valence-corrected chi connectivity index (χ2v) is 8.32. The van der Waals surface area contributed by atoms with E-state index >= 15 is 0 Å². The number of urea groups is 1. The number of rotatable bonds is 3. The van der Waals surface area contributed by atoms with Crippen LogP contribution >= 0.6 is 0 Å². The molecule has 0 spiro atoms. The van der Waals surface area contributed by atoms with Crippen LogP contribution < -0.4 is 0 Å². The van der Waals surface area contributed by atoms with Gasteiger partial charge < -0.3 is 9.64 Å². The van der Waals surface area contributed by atoms with Crippen LogP contribution in [0.4, 0.5) is 4.79 Å². The maximum Gasteiger partial charge on any atom is 0.323 e. The Labute approximate surface area is 183 Å². The van der Waals surface area contributed by atoms with Crippen LogP contribution in [0.1, 0.15) is 30.5 Å². The third-order valence-electron chi connectivity index (χ3n) is 6.48. The molecule has 3 aromatic rings. The minimum absolute atomic E-state index is 0.0261. The second kappa shape index (κ2) is 7.62. The highest BCUT2D eigenvalue weighted by molar-refractivity contribution is 5.93. The van der Waals surface area contributed by atoms with E-state index in [2.05, 4.69) is 56.0 Å². The van der Waals surface area contributed by atoms with Gasteiger partial charge in [0, 0.05) is 12.6 Å². The zero-order valence-electron chi connectivity index (χ0n) is 17.9. The molecule has 2 amide bonds. The molecule has 2 aliphatic heterocycles. The van der Waals surface area contributed by atoms with Crippen molar-refractivity contribution in [3.05, 3.63) is 102 Å². The fourth-order valence-corrected chi connectivity index (χ4v) is 4.70.